The summed E-state index contributed by atoms with van der Waals surface area (Å²) in [5.41, 5.74) is 3.86. The number of hydrazone groups is 1. The molecule has 0 atom stereocenters. The van der Waals surface area contributed by atoms with Crippen LogP contribution in [0.25, 0.3) is 0 Å². The molecule has 2 N–H and O–H groups in total. The van der Waals surface area contributed by atoms with Gasteiger partial charge in [0.15, 0.2) is 0 Å². The van der Waals surface area contributed by atoms with E-state index < -0.39 is 0 Å². The van der Waals surface area contributed by atoms with E-state index in [0.717, 1.165) is 10.0 Å². The van der Waals surface area contributed by atoms with Crippen LogP contribution in [0.5, 0.6) is 0 Å². The van der Waals surface area contributed by atoms with Gasteiger partial charge in [0, 0.05) is 22.5 Å². The number of amides is 2. The Morgan fingerprint density at radius 1 is 1.12 bits per heavy atom. The second-order valence-electron chi connectivity index (χ2n) is 5.18. The van der Waals surface area contributed by atoms with Crippen molar-refractivity contribution in [2.75, 3.05) is 6.54 Å². The highest BCUT2D eigenvalue weighted by Crippen LogP contribution is 2.15. The standard InChI is InChI=1S/C18H17BrClN3O2/c19-16-5-2-1-4-15(16)18(25)21-11-3-6-17(24)23-22-12-13-7-9-14(20)10-8-13/h1-2,4-5,7-10,12H,3,6,11H2,(H,21,25)(H,23,24)/b22-12+. The minimum Gasteiger partial charge on any atom is -0.352 e. The molecule has 0 radical (unpaired) electrons. The summed E-state index contributed by atoms with van der Waals surface area (Å²) >= 11 is 9.12. The maximum absolute atomic E-state index is 12.0. The largest absolute Gasteiger partial charge is 0.352 e. The van der Waals surface area contributed by atoms with Crippen molar-refractivity contribution in [3.8, 4) is 0 Å². The molecule has 0 bridgehead atoms. The third-order valence-corrected chi connectivity index (χ3v) is 4.20. The van der Waals surface area contributed by atoms with E-state index in [0.29, 0.717) is 23.6 Å². The number of benzene rings is 2. The second kappa shape index (κ2) is 9.96. The molecule has 0 aliphatic carbocycles. The molecule has 0 saturated heterocycles. The maximum Gasteiger partial charge on any atom is 0.252 e. The predicted octanol–water partition coefficient (Wildman–Crippen LogP) is 3.76. The molecule has 0 heterocycles. The molecule has 2 amide bonds. The summed E-state index contributed by atoms with van der Waals surface area (Å²) in [6.07, 6.45) is 2.34. The van der Waals surface area contributed by atoms with Crippen LogP contribution in [-0.4, -0.2) is 24.6 Å². The first kappa shape index (κ1) is 19.1. The average molecular weight is 423 g/mol. The van der Waals surface area contributed by atoms with Crippen molar-refractivity contribution in [1.82, 2.24) is 10.7 Å². The van der Waals surface area contributed by atoms with Crippen LogP contribution in [0.15, 0.2) is 58.1 Å². The Kier molecular flexibility index (Phi) is 7.63. The predicted molar refractivity (Wildman–Crippen MR) is 103 cm³/mol. The van der Waals surface area contributed by atoms with Crippen LogP contribution in [0.4, 0.5) is 0 Å². The van der Waals surface area contributed by atoms with Crippen LogP contribution in [0.3, 0.4) is 0 Å². The summed E-state index contributed by atoms with van der Waals surface area (Å²) in [6, 6.07) is 14.3. The molecule has 0 spiro atoms. The van der Waals surface area contributed by atoms with Gasteiger partial charge in [-0.3, -0.25) is 9.59 Å². The van der Waals surface area contributed by atoms with Crippen LogP contribution in [0.1, 0.15) is 28.8 Å². The van der Waals surface area contributed by atoms with E-state index >= 15 is 0 Å². The summed E-state index contributed by atoms with van der Waals surface area (Å²) in [4.78, 5) is 23.7. The number of rotatable bonds is 7. The van der Waals surface area contributed by atoms with Crippen LogP contribution in [0.2, 0.25) is 5.02 Å². The van der Waals surface area contributed by atoms with Gasteiger partial charge in [-0.05, 0) is 52.2 Å². The molecule has 2 aromatic carbocycles. The van der Waals surface area contributed by atoms with E-state index in [1.807, 2.05) is 6.07 Å². The van der Waals surface area contributed by atoms with Gasteiger partial charge in [-0.25, -0.2) is 5.43 Å². The van der Waals surface area contributed by atoms with E-state index in [4.69, 9.17) is 11.6 Å². The number of hydrogen-bond donors (Lipinski definition) is 2. The molecule has 5 nitrogen and oxygen atoms in total. The van der Waals surface area contributed by atoms with Gasteiger partial charge in [0.2, 0.25) is 5.91 Å². The minimum atomic E-state index is -0.208. The number of hydrogen-bond acceptors (Lipinski definition) is 3. The molecule has 2 rings (SSSR count). The zero-order valence-corrected chi connectivity index (χ0v) is 15.7. The summed E-state index contributed by atoms with van der Waals surface area (Å²) in [5, 5.41) is 7.31. The molecule has 0 aromatic heterocycles. The van der Waals surface area contributed by atoms with Gasteiger partial charge < -0.3 is 5.32 Å². The van der Waals surface area contributed by atoms with Gasteiger partial charge in [-0.1, -0.05) is 35.9 Å². The summed E-state index contributed by atoms with van der Waals surface area (Å²) in [7, 11) is 0. The molecule has 0 aliphatic heterocycles. The number of halogens is 2. The van der Waals surface area contributed by atoms with Gasteiger partial charge in [0.1, 0.15) is 0 Å². The van der Waals surface area contributed by atoms with Crippen molar-refractivity contribution in [2.24, 2.45) is 5.10 Å². The number of carbonyl (C=O) groups is 2. The summed E-state index contributed by atoms with van der Waals surface area (Å²) < 4.78 is 0.738. The number of nitrogens with zero attached hydrogens (tertiary/aromatic N) is 1. The van der Waals surface area contributed by atoms with Crippen LogP contribution >= 0.6 is 27.5 Å². The molecule has 0 fully saturated rings. The second-order valence-corrected chi connectivity index (χ2v) is 6.47. The lowest BCUT2D eigenvalue weighted by Gasteiger charge is -2.06. The lowest BCUT2D eigenvalue weighted by Crippen LogP contribution is -2.26. The molecule has 25 heavy (non-hydrogen) atoms. The third-order valence-electron chi connectivity index (χ3n) is 3.26. The van der Waals surface area contributed by atoms with Crippen LogP contribution in [0, 0.1) is 0 Å². The quantitative estimate of drug-likeness (QED) is 0.405. The number of nitrogens with one attached hydrogen (secondary N) is 2. The first-order valence-electron chi connectivity index (χ1n) is 7.66. The van der Waals surface area contributed by atoms with E-state index in [1.165, 1.54) is 0 Å². The Morgan fingerprint density at radius 2 is 1.84 bits per heavy atom. The molecule has 0 unspecified atom stereocenters. The summed E-state index contributed by atoms with van der Waals surface area (Å²) in [6.45, 7) is 0.411. The normalized spacial score (nSPS) is 10.6. The van der Waals surface area contributed by atoms with Crippen molar-refractivity contribution in [1.29, 1.82) is 0 Å². The zero-order valence-electron chi connectivity index (χ0n) is 13.3. The zero-order chi connectivity index (χ0) is 18.1. The van der Waals surface area contributed by atoms with Crippen molar-refractivity contribution >= 4 is 45.6 Å². The highest BCUT2D eigenvalue weighted by Gasteiger charge is 2.08. The Balaban J connectivity index is 1.66. The fraction of sp³-hybridized carbons (Fsp3) is 0.167. The van der Waals surface area contributed by atoms with Gasteiger partial charge in [-0.2, -0.15) is 5.10 Å². The maximum atomic E-state index is 12.0. The SMILES string of the molecule is O=C(CCCNC(=O)c1ccccc1Br)N/N=C/c1ccc(Cl)cc1. The Bertz CT molecular complexity index is 763. The molecular formula is C18H17BrClN3O2. The van der Waals surface area contributed by atoms with Gasteiger partial charge in [0.05, 0.1) is 11.8 Å². The van der Waals surface area contributed by atoms with E-state index in [2.05, 4.69) is 31.8 Å². The molecular weight excluding hydrogens is 406 g/mol. The Morgan fingerprint density at radius 3 is 2.56 bits per heavy atom. The highest BCUT2D eigenvalue weighted by atomic mass is 79.9. The topological polar surface area (TPSA) is 70.6 Å². The molecule has 0 aliphatic rings. The molecule has 2 aromatic rings. The monoisotopic (exact) mass is 421 g/mol. The van der Waals surface area contributed by atoms with Crippen molar-refractivity contribution in [3.63, 3.8) is 0 Å². The van der Waals surface area contributed by atoms with Crippen LogP contribution < -0.4 is 10.7 Å². The minimum absolute atomic E-state index is 0.173. The molecule has 130 valence electrons. The third kappa shape index (κ3) is 6.68. The lowest BCUT2D eigenvalue weighted by atomic mass is 10.2. The van der Waals surface area contributed by atoms with Gasteiger partial charge in [0.25, 0.3) is 5.91 Å². The van der Waals surface area contributed by atoms with Gasteiger partial charge in [-0.15, -0.1) is 0 Å². The number of carbonyl (C=O) groups excluding carboxylic acids is 2. The van der Waals surface area contributed by atoms with E-state index in [1.54, 1.807) is 48.7 Å². The lowest BCUT2D eigenvalue weighted by molar-refractivity contribution is -0.121. The highest BCUT2D eigenvalue weighted by molar-refractivity contribution is 9.10. The van der Waals surface area contributed by atoms with Crippen molar-refractivity contribution in [3.05, 3.63) is 69.2 Å². The van der Waals surface area contributed by atoms with Gasteiger partial charge >= 0.3 is 0 Å². The fourth-order valence-corrected chi connectivity index (χ4v) is 2.57. The molecule has 7 heteroatoms. The fourth-order valence-electron chi connectivity index (χ4n) is 1.97. The summed E-state index contributed by atoms with van der Waals surface area (Å²) in [5.74, 6) is -0.381. The smallest absolute Gasteiger partial charge is 0.252 e. The first-order chi connectivity index (χ1) is 12.1. The Labute approximate surface area is 159 Å². The van der Waals surface area contributed by atoms with E-state index in [9.17, 15) is 9.59 Å². The van der Waals surface area contributed by atoms with Crippen LogP contribution in [-0.2, 0) is 4.79 Å². The van der Waals surface area contributed by atoms with Crippen molar-refractivity contribution < 1.29 is 9.59 Å². The van der Waals surface area contributed by atoms with Crippen molar-refractivity contribution in [2.45, 2.75) is 12.8 Å². The first-order valence-corrected chi connectivity index (χ1v) is 8.83. The molecule has 0 saturated carbocycles. The average Bonchev–Trinajstić information content (AvgIpc) is 2.60. The Hall–Kier alpha value is -2.18. The van der Waals surface area contributed by atoms with E-state index in [-0.39, 0.29) is 18.2 Å².